The molecule has 20 heavy (non-hydrogen) atoms. The molecule has 2 atom stereocenters. The van der Waals surface area contributed by atoms with Crippen LogP contribution >= 0.6 is 0 Å². The second-order valence-corrected chi connectivity index (χ2v) is 5.12. The molecular weight excluding hydrogens is 250 g/mol. The van der Waals surface area contributed by atoms with E-state index in [1.165, 1.54) is 0 Å². The topological polar surface area (TPSA) is 40.5 Å². The number of aliphatic carboxylic acids is 1. The van der Waals surface area contributed by atoms with E-state index in [1.54, 1.807) is 0 Å². The van der Waals surface area contributed by atoms with Crippen molar-refractivity contribution in [3.63, 3.8) is 0 Å². The monoisotopic (exact) mass is 267 g/mol. The van der Waals surface area contributed by atoms with Crippen LogP contribution in [0, 0.1) is 5.92 Å². The van der Waals surface area contributed by atoms with E-state index in [2.05, 4.69) is 4.90 Å². The van der Waals surface area contributed by atoms with Gasteiger partial charge in [-0.3, -0.25) is 4.79 Å². The molecule has 0 aromatic heterocycles. The molecule has 3 nitrogen and oxygen atoms in total. The summed E-state index contributed by atoms with van der Waals surface area (Å²) in [4.78, 5) is 13.7. The Balaban J connectivity index is 2.00. The number of hydrogen-bond donors (Lipinski definition) is 1. The second-order valence-electron chi connectivity index (χ2n) is 5.12. The molecule has 102 valence electrons. The maximum atomic E-state index is 11.5. The number of anilines is 1. The zero-order chi connectivity index (χ0) is 13.9. The number of carboxylic acid groups (broad SMARTS) is 1. The second kappa shape index (κ2) is 5.37. The molecule has 2 unspecified atom stereocenters. The molecule has 0 bridgehead atoms. The molecule has 2 aromatic carbocycles. The third-order valence-electron chi connectivity index (χ3n) is 3.94. The fourth-order valence-electron chi connectivity index (χ4n) is 3.02. The van der Waals surface area contributed by atoms with Crippen LogP contribution < -0.4 is 4.90 Å². The van der Waals surface area contributed by atoms with Crippen molar-refractivity contribution in [2.75, 3.05) is 11.4 Å². The van der Waals surface area contributed by atoms with Crippen molar-refractivity contribution >= 4 is 11.7 Å². The highest BCUT2D eigenvalue weighted by Gasteiger charge is 2.39. The molecule has 0 spiro atoms. The zero-order valence-corrected chi connectivity index (χ0v) is 11.1. The lowest BCUT2D eigenvalue weighted by Crippen LogP contribution is -2.28. The molecule has 1 aliphatic rings. The number of carbonyl (C=O) groups is 1. The van der Waals surface area contributed by atoms with Gasteiger partial charge in [0.05, 0.1) is 12.0 Å². The summed E-state index contributed by atoms with van der Waals surface area (Å²) >= 11 is 0. The van der Waals surface area contributed by atoms with Crippen LogP contribution in [0.5, 0.6) is 0 Å². The van der Waals surface area contributed by atoms with Crippen LogP contribution in [0.25, 0.3) is 0 Å². The number of para-hydroxylation sites is 1. The largest absolute Gasteiger partial charge is 0.481 e. The van der Waals surface area contributed by atoms with E-state index in [0.717, 1.165) is 17.8 Å². The molecule has 3 heteroatoms. The molecule has 1 aliphatic heterocycles. The van der Waals surface area contributed by atoms with Crippen LogP contribution in [-0.4, -0.2) is 17.6 Å². The average Bonchev–Trinajstić information content (AvgIpc) is 2.94. The van der Waals surface area contributed by atoms with Gasteiger partial charge in [0.2, 0.25) is 0 Å². The van der Waals surface area contributed by atoms with Gasteiger partial charge in [0.1, 0.15) is 0 Å². The van der Waals surface area contributed by atoms with Crippen LogP contribution in [0.15, 0.2) is 60.7 Å². The third kappa shape index (κ3) is 2.27. The molecular formula is C17H17NO2. The summed E-state index contributed by atoms with van der Waals surface area (Å²) in [6, 6.07) is 19.9. The Morgan fingerprint density at radius 2 is 1.60 bits per heavy atom. The molecule has 0 saturated carbocycles. The van der Waals surface area contributed by atoms with Gasteiger partial charge >= 0.3 is 5.97 Å². The number of benzene rings is 2. The minimum atomic E-state index is -0.711. The summed E-state index contributed by atoms with van der Waals surface area (Å²) in [6.45, 7) is 0.778. The highest BCUT2D eigenvalue weighted by molar-refractivity contribution is 5.73. The summed E-state index contributed by atoms with van der Waals surface area (Å²) in [5.41, 5.74) is 2.16. The lowest BCUT2D eigenvalue weighted by molar-refractivity contribution is -0.141. The number of nitrogens with zero attached hydrogens (tertiary/aromatic N) is 1. The Morgan fingerprint density at radius 3 is 2.20 bits per heavy atom. The quantitative estimate of drug-likeness (QED) is 0.927. The maximum absolute atomic E-state index is 11.5. The standard InChI is InChI=1S/C17H17NO2/c19-17(20)15-11-12-18(14-9-5-2-6-10-14)16(15)13-7-3-1-4-8-13/h1-10,15-16H,11-12H2,(H,19,20). The first kappa shape index (κ1) is 12.7. The average molecular weight is 267 g/mol. The molecule has 0 aliphatic carbocycles. The van der Waals surface area contributed by atoms with Gasteiger partial charge in [-0.2, -0.15) is 0 Å². The number of carboxylic acids is 1. The van der Waals surface area contributed by atoms with Gasteiger partial charge in [-0.1, -0.05) is 48.5 Å². The summed E-state index contributed by atoms with van der Waals surface area (Å²) in [6.07, 6.45) is 0.684. The normalized spacial score (nSPS) is 21.9. The van der Waals surface area contributed by atoms with E-state index in [4.69, 9.17) is 0 Å². The highest BCUT2D eigenvalue weighted by Crippen LogP contribution is 2.40. The van der Waals surface area contributed by atoms with E-state index in [9.17, 15) is 9.90 Å². The molecule has 1 N–H and O–H groups in total. The highest BCUT2D eigenvalue weighted by atomic mass is 16.4. The van der Waals surface area contributed by atoms with E-state index in [-0.39, 0.29) is 12.0 Å². The van der Waals surface area contributed by atoms with Crippen LogP contribution in [0.2, 0.25) is 0 Å². The minimum absolute atomic E-state index is 0.0869. The van der Waals surface area contributed by atoms with Gasteiger partial charge in [-0.15, -0.1) is 0 Å². The predicted octanol–water partition coefficient (Wildman–Crippen LogP) is 3.34. The van der Waals surface area contributed by atoms with Gasteiger partial charge in [0.15, 0.2) is 0 Å². The third-order valence-corrected chi connectivity index (χ3v) is 3.94. The van der Waals surface area contributed by atoms with Crippen molar-refractivity contribution < 1.29 is 9.90 Å². The summed E-state index contributed by atoms with van der Waals surface area (Å²) in [5, 5.41) is 9.48. The molecule has 0 radical (unpaired) electrons. The van der Waals surface area contributed by atoms with Gasteiger partial charge < -0.3 is 10.0 Å². The van der Waals surface area contributed by atoms with Gasteiger partial charge in [0, 0.05) is 12.2 Å². The first-order valence-electron chi connectivity index (χ1n) is 6.87. The van der Waals surface area contributed by atoms with Crippen molar-refractivity contribution in [1.29, 1.82) is 0 Å². The van der Waals surface area contributed by atoms with E-state index in [1.807, 2.05) is 60.7 Å². The van der Waals surface area contributed by atoms with Gasteiger partial charge in [0.25, 0.3) is 0 Å². The van der Waals surface area contributed by atoms with Crippen LogP contribution in [0.1, 0.15) is 18.0 Å². The maximum Gasteiger partial charge on any atom is 0.309 e. The van der Waals surface area contributed by atoms with Crippen LogP contribution in [0.3, 0.4) is 0 Å². The summed E-state index contributed by atoms with van der Waals surface area (Å²) < 4.78 is 0. The van der Waals surface area contributed by atoms with Crippen LogP contribution in [-0.2, 0) is 4.79 Å². The van der Waals surface area contributed by atoms with Crippen molar-refractivity contribution in [3.05, 3.63) is 66.2 Å². The SMILES string of the molecule is O=C(O)C1CCN(c2ccccc2)C1c1ccccc1. The van der Waals surface area contributed by atoms with Crippen LogP contribution in [0.4, 0.5) is 5.69 Å². The lowest BCUT2D eigenvalue weighted by atomic mass is 9.93. The summed E-state index contributed by atoms with van der Waals surface area (Å²) in [5.74, 6) is -1.06. The van der Waals surface area contributed by atoms with Gasteiger partial charge in [-0.05, 0) is 24.1 Å². The first-order chi connectivity index (χ1) is 9.77. The molecule has 2 aromatic rings. The van der Waals surface area contributed by atoms with E-state index < -0.39 is 5.97 Å². The van der Waals surface area contributed by atoms with Gasteiger partial charge in [-0.25, -0.2) is 0 Å². The van der Waals surface area contributed by atoms with E-state index in [0.29, 0.717) is 6.42 Å². The predicted molar refractivity (Wildman–Crippen MR) is 78.7 cm³/mol. The van der Waals surface area contributed by atoms with Crippen molar-refractivity contribution in [3.8, 4) is 0 Å². The minimum Gasteiger partial charge on any atom is -0.481 e. The molecule has 0 amide bonds. The Bertz CT molecular complexity index is 582. The van der Waals surface area contributed by atoms with Crippen molar-refractivity contribution in [2.24, 2.45) is 5.92 Å². The Morgan fingerprint density at radius 1 is 1.00 bits per heavy atom. The van der Waals surface area contributed by atoms with E-state index >= 15 is 0 Å². The molecule has 1 heterocycles. The Hall–Kier alpha value is -2.29. The number of hydrogen-bond acceptors (Lipinski definition) is 2. The smallest absolute Gasteiger partial charge is 0.309 e. The van der Waals surface area contributed by atoms with Crippen molar-refractivity contribution in [1.82, 2.24) is 0 Å². The fraction of sp³-hybridized carbons (Fsp3) is 0.235. The van der Waals surface area contributed by atoms with Crippen molar-refractivity contribution in [2.45, 2.75) is 12.5 Å². The first-order valence-corrected chi connectivity index (χ1v) is 6.87. The lowest BCUT2D eigenvalue weighted by Gasteiger charge is -2.29. The Labute approximate surface area is 118 Å². The fourth-order valence-corrected chi connectivity index (χ4v) is 3.02. The molecule has 3 rings (SSSR count). The zero-order valence-electron chi connectivity index (χ0n) is 11.1. The summed E-state index contributed by atoms with van der Waals surface area (Å²) in [7, 11) is 0. The Kier molecular flexibility index (Phi) is 3.42. The molecule has 1 fully saturated rings. The number of rotatable bonds is 3. The molecule has 1 saturated heterocycles.